The van der Waals surface area contributed by atoms with Gasteiger partial charge < -0.3 is 21.3 Å². The first kappa shape index (κ1) is 22.8. The summed E-state index contributed by atoms with van der Waals surface area (Å²) in [5.74, 6) is -2.51. The van der Waals surface area contributed by atoms with E-state index in [9.17, 15) is 18.0 Å². The van der Waals surface area contributed by atoms with Crippen LogP contribution in [0.1, 0.15) is 17.2 Å². The zero-order chi connectivity index (χ0) is 21.3. The summed E-state index contributed by atoms with van der Waals surface area (Å²) in [4.78, 5) is 20.6. The van der Waals surface area contributed by atoms with Gasteiger partial charge in [-0.25, -0.2) is 4.79 Å². The van der Waals surface area contributed by atoms with Crippen LogP contribution in [-0.2, 0) is 16.1 Å². The largest absolute Gasteiger partial charge is 0.496 e. The predicted molar refractivity (Wildman–Crippen MR) is 96.3 cm³/mol. The van der Waals surface area contributed by atoms with Crippen molar-refractivity contribution in [1.29, 1.82) is 0 Å². The van der Waals surface area contributed by atoms with Gasteiger partial charge in [0.05, 0.1) is 7.11 Å². The maximum absolute atomic E-state index is 11.7. The zero-order valence-electron chi connectivity index (χ0n) is 14.9. The minimum atomic E-state index is -5.08. The Bertz CT molecular complexity index is 798. The van der Waals surface area contributed by atoms with Crippen LogP contribution in [0.3, 0.4) is 0 Å². The summed E-state index contributed by atoms with van der Waals surface area (Å²) in [6.07, 6.45) is -5.08. The van der Waals surface area contributed by atoms with E-state index < -0.39 is 24.1 Å². The van der Waals surface area contributed by atoms with Crippen LogP contribution in [-0.4, -0.2) is 30.3 Å². The van der Waals surface area contributed by atoms with E-state index in [2.05, 4.69) is 5.32 Å². The maximum atomic E-state index is 11.7. The number of ether oxygens (including phenoxy) is 1. The number of alkyl halides is 3. The molecule has 1 unspecified atom stereocenters. The van der Waals surface area contributed by atoms with Gasteiger partial charge in [-0.2, -0.15) is 13.2 Å². The molecule has 2 aromatic carbocycles. The summed E-state index contributed by atoms with van der Waals surface area (Å²) in [7, 11) is 1.58. The lowest BCUT2D eigenvalue weighted by Crippen LogP contribution is -2.33. The molecule has 10 heteroatoms. The first-order valence-corrected chi connectivity index (χ1v) is 7.87. The highest BCUT2D eigenvalue weighted by Gasteiger charge is 2.38. The third kappa shape index (κ3) is 6.80. The van der Waals surface area contributed by atoms with E-state index in [0.29, 0.717) is 18.0 Å². The van der Waals surface area contributed by atoms with Crippen molar-refractivity contribution < 1.29 is 32.6 Å². The van der Waals surface area contributed by atoms with E-state index in [-0.39, 0.29) is 0 Å². The molecule has 2 rings (SSSR count). The quantitative estimate of drug-likeness (QED) is 0.552. The second-order valence-corrected chi connectivity index (χ2v) is 5.46. The number of carbonyl (C=O) groups excluding carboxylic acids is 1. The highest BCUT2D eigenvalue weighted by molar-refractivity contribution is 5.81. The number of benzene rings is 2. The van der Waals surface area contributed by atoms with E-state index in [0.717, 1.165) is 11.1 Å². The third-order valence-electron chi connectivity index (χ3n) is 3.53. The Kier molecular flexibility index (Phi) is 8.27. The summed E-state index contributed by atoms with van der Waals surface area (Å²) in [5, 5.41) is 10.3. The van der Waals surface area contributed by atoms with E-state index in [1.54, 1.807) is 13.2 Å². The molecule has 28 heavy (non-hydrogen) atoms. The standard InChI is InChI=1S/C16H19N3O2.C2HF3O2/c1-21-14-9-5-8-13(17)12(14)10-19-15(16(18)20)11-6-3-2-4-7-11;3-2(4,5)1(6)7/h2-9,15,19H,10,17H2,1H3,(H2,18,20);(H,6,7). The van der Waals surface area contributed by atoms with Crippen molar-refractivity contribution in [3.63, 3.8) is 0 Å². The Morgan fingerprint density at radius 1 is 1.14 bits per heavy atom. The summed E-state index contributed by atoms with van der Waals surface area (Å²) in [6, 6.07) is 14.2. The minimum Gasteiger partial charge on any atom is -0.496 e. The molecule has 0 saturated carbocycles. The molecule has 152 valence electrons. The number of methoxy groups -OCH3 is 1. The fraction of sp³-hybridized carbons (Fsp3) is 0.222. The molecular formula is C18H20F3N3O4. The lowest BCUT2D eigenvalue weighted by atomic mass is 10.1. The van der Waals surface area contributed by atoms with Crippen LogP contribution in [0.25, 0.3) is 0 Å². The highest BCUT2D eigenvalue weighted by Crippen LogP contribution is 2.25. The van der Waals surface area contributed by atoms with Gasteiger partial charge in [0.2, 0.25) is 5.91 Å². The van der Waals surface area contributed by atoms with Crippen LogP contribution < -0.4 is 21.5 Å². The number of rotatable bonds is 6. The molecule has 0 spiro atoms. The molecule has 1 atom stereocenters. The molecule has 1 amide bonds. The van der Waals surface area contributed by atoms with Crippen molar-refractivity contribution >= 4 is 17.6 Å². The SMILES string of the molecule is COc1cccc(N)c1CNC(C(N)=O)c1ccccc1.O=C(O)C(F)(F)F. The Morgan fingerprint density at radius 2 is 1.71 bits per heavy atom. The number of hydrogen-bond acceptors (Lipinski definition) is 5. The number of hydrogen-bond donors (Lipinski definition) is 4. The smallest absolute Gasteiger partial charge is 0.490 e. The van der Waals surface area contributed by atoms with Crippen LogP contribution in [0.5, 0.6) is 5.75 Å². The van der Waals surface area contributed by atoms with Gasteiger partial charge >= 0.3 is 12.1 Å². The first-order valence-electron chi connectivity index (χ1n) is 7.87. The number of nitrogens with two attached hydrogens (primary N) is 2. The predicted octanol–water partition coefficient (Wildman–Crippen LogP) is 2.23. The van der Waals surface area contributed by atoms with Crippen molar-refractivity contribution in [2.45, 2.75) is 18.8 Å². The topological polar surface area (TPSA) is 128 Å². The van der Waals surface area contributed by atoms with Gasteiger partial charge in [-0.3, -0.25) is 10.1 Å². The summed E-state index contributed by atoms with van der Waals surface area (Å²) < 4.78 is 37.0. The van der Waals surface area contributed by atoms with Gasteiger partial charge in [0.15, 0.2) is 0 Å². The lowest BCUT2D eigenvalue weighted by Gasteiger charge is -2.18. The summed E-state index contributed by atoms with van der Waals surface area (Å²) in [5.41, 5.74) is 13.7. The molecule has 0 heterocycles. The molecule has 6 N–H and O–H groups in total. The highest BCUT2D eigenvalue weighted by atomic mass is 19.4. The van der Waals surface area contributed by atoms with Crippen LogP contribution in [0.4, 0.5) is 18.9 Å². The maximum Gasteiger partial charge on any atom is 0.490 e. The Hall–Kier alpha value is -3.27. The van der Waals surface area contributed by atoms with Crippen molar-refractivity contribution in [3.05, 3.63) is 59.7 Å². The molecule has 0 aliphatic heterocycles. The van der Waals surface area contributed by atoms with Gasteiger partial charge in [-0.15, -0.1) is 0 Å². The van der Waals surface area contributed by atoms with Crippen LogP contribution in [0, 0.1) is 0 Å². The number of carboxylic acid groups (broad SMARTS) is 1. The Morgan fingerprint density at radius 3 is 2.18 bits per heavy atom. The van der Waals surface area contributed by atoms with Crippen molar-refractivity contribution in [3.8, 4) is 5.75 Å². The molecule has 0 aromatic heterocycles. The van der Waals surface area contributed by atoms with Gasteiger partial charge in [0.25, 0.3) is 0 Å². The van der Waals surface area contributed by atoms with Crippen molar-refractivity contribution in [1.82, 2.24) is 5.32 Å². The average molecular weight is 399 g/mol. The normalized spacial score (nSPS) is 11.7. The van der Waals surface area contributed by atoms with Gasteiger partial charge in [0.1, 0.15) is 11.8 Å². The van der Waals surface area contributed by atoms with Gasteiger partial charge in [0, 0.05) is 17.8 Å². The molecule has 0 bridgehead atoms. The van der Waals surface area contributed by atoms with Crippen molar-refractivity contribution in [2.75, 3.05) is 12.8 Å². The van der Waals surface area contributed by atoms with Crippen LogP contribution in [0.15, 0.2) is 48.5 Å². The molecule has 0 radical (unpaired) electrons. The summed E-state index contributed by atoms with van der Waals surface area (Å²) >= 11 is 0. The number of nitrogens with one attached hydrogen (secondary N) is 1. The monoisotopic (exact) mass is 399 g/mol. The molecule has 0 aliphatic rings. The lowest BCUT2D eigenvalue weighted by molar-refractivity contribution is -0.192. The first-order chi connectivity index (χ1) is 13.1. The van der Waals surface area contributed by atoms with E-state index in [4.69, 9.17) is 26.1 Å². The van der Waals surface area contributed by atoms with E-state index in [1.807, 2.05) is 42.5 Å². The molecule has 7 nitrogen and oxygen atoms in total. The number of aliphatic carboxylic acids is 1. The summed E-state index contributed by atoms with van der Waals surface area (Å²) in [6.45, 7) is 0.387. The molecular weight excluding hydrogens is 379 g/mol. The molecule has 0 aliphatic carbocycles. The second kappa shape index (κ2) is 10.2. The third-order valence-corrected chi connectivity index (χ3v) is 3.53. The van der Waals surface area contributed by atoms with Gasteiger partial charge in [-0.1, -0.05) is 36.4 Å². The number of carboxylic acids is 1. The zero-order valence-corrected chi connectivity index (χ0v) is 14.9. The number of anilines is 1. The van der Waals surface area contributed by atoms with Crippen molar-refractivity contribution in [2.24, 2.45) is 5.73 Å². The number of halogens is 3. The van der Waals surface area contributed by atoms with E-state index in [1.165, 1.54) is 0 Å². The fourth-order valence-electron chi connectivity index (χ4n) is 2.20. The van der Waals surface area contributed by atoms with Crippen LogP contribution in [0.2, 0.25) is 0 Å². The Balaban J connectivity index is 0.000000480. The second-order valence-electron chi connectivity index (χ2n) is 5.46. The number of nitrogen functional groups attached to an aromatic ring is 1. The number of carbonyl (C=O) groups is 2. The Labute approximate surface area is 159 Å². The molecule has 0 saturated heterocycles. The molecule has 0 fully saturated rings. The number of amides is 1. The van der Waals surface area contributed by atoms with E-state index >= 15 is 0 Å². The average Bonchev–Trinajstić information content (AvgIpc) is 2.63. The number of primary amides is 1. The van der Waals surface area contributed by atoms with Crippen LogP contribution >= 0.6 is 0 Å². The van der Waals surface area contributed by atoms with Gasteiger partial charge in [-0.05, 0) is 17.7 Å². The molecule has 2 aromatic rings. The minimum absolute atomic E-state index is 0.387. The fourth-order valence-corrected chi connectivity index (χ4v) is 2.20.